The number of carbonyl (C=O) groups excluding carboxylic acids is 3. The first-order valence-corrected chi connectivity index (χ1v) is 7.66. The molecular weight excluding hydrogens is 326 g/mol. The molecule has 1 aromatic carbocycles. The molecule has 0 spiro atoms. The number of rotatable bonds is 3. The van der Waals surface area contributed by atoms with Gasteiger partial charge >= 0.3 is 11.7 Å². The highest BCUT2D eigenvalue weighted by atomic mass is 16.4. The molecular formula is C17H17N3O5. The second-order valence-corrected chi connectivity index (χ2v) is 6.08. The summed E-state index contributed by atoms with van der Waals surface area (Å²) < 4.78 is 5.16. The molecule has 8 heteroatoms. The number of hydrogen-bond acceptors (Lipinski definition) is 5. The second-order valence-electron chi connectivity index (χ2n) is 6.08. The van der Waals surface area contributed by atoms with Gasteiger partial charge in [0, 0.05) is 24.2 Å². The van der Waals surface area contributed by atoms with Crippen molar-refractivity contribution in [2.75, 3.05) is 25.5 Å². The largest absolute Gasteiger partial charge is 0.423 e. The fraction of sp³-hybridized carbons (Fsp3) is 0.294. The Morgan fingerprint density at radius 3 is 2.52 bits per heavy atom. The minimum atomic E-state index is -0.493. The molecule has 1 aliphatic heterocycles. The number of urea groups is 1. The van der Waals surface area contributed by atoms with E-state index in [9.17, 15) is 19.2 Å². The zero-order chi connectivity index (χ0) is 18.3. The van der Waals surface area contributed by atoms with Crippen molar-refractivity contribution >= 4 is 34.5 Å². The number of fused-ring (bicyclic) bond motifs is 1. The first-order chi connectivity index (χ1) is 11.8. The predicted octanol–water partition coefficient (Wildman–Crippen LogP) is 1.24. The van der Waals surface area contributed by atoms with Crippen LogP contribution in [-0.2, 0) is 9.59 Å². The molecule has 1 aromatic heterocycles. The summed E-state index contributed by atoms with van der Waals surface area (Å²) in [6.07, 6.45) is 0. The molecule has 1 N–H and O–H groups in total. The first-order valence-electron chi connectivity index (χ1n) is 7.66. The number of imide groups is 1. The van der Waals surface area contributed by atoms with Gasteiger partial charge in [-0.05, 0) is 37.1 Å². The lowest BCUT2D eigenvalue weighted by Gasteiger charge is -2.15. The summed E-state index contributed by atoms with van der Waals surface area (Å²) in [5.74, 6) is -0.884. The Morgan fingerprint density at radius 1 is 1.16 bits per heavy atom. The van der Waals surface area contributed by atoms with Crippen LogP contribution in [-0.4, -0.2) is 47.8 Å². The Kier molecular flexibility index (Phi) is 4.03. The number of amides is 4. The number of anilines is 1. The van der Waals surface area contributed by atoms with Gasteiger partial charge in [-0.25, -0.2) is 9.59 Å². The zero-order valence-electron chi connectivity index (χ0n) is 14.1. The second kappa shape index (κ2) is 6.04. The van der Waals surface area contributed by atoms with E-state index in [1.807, 2.05) is 0 Å². The van der Waals surface area contributed by atoms with Crippen molar-refractivity contribution in [3.8, 4) is 0 Å². The van der Waals surface area contributed by atoms with E-state index in [0.29, 0.717) is 22.2 Å². The molecule has 2 aromatic rings. The number of aryl methyl sites for hydroxylation is 2. The molecule has 1 aliphatic rings. The Hall–Kier alpha value is -3.16. The Labute approximate surface area is 143 Å². The topological polar surface area (TPSA) is 99.9 Å². The van der Waals surface area contributed by atoms with Crippen molar-refractivity contribution < 1.29 is 18.8 Å². The van der Waals surface area contributed by atoms with Crippen LogP contribution in [0.1, 0.15) is 11.1 Å². The number of nitrogens with zero attached hydrogens (tertiary/aromatic N) is 2. The van der Waals surface area contributed by atoms with Gasteiger partial charge in [0.2, 0.25) is 5.91 Å². The highest BCUT2D eigenvalue weighted by Gasteiger charge is 2.34. The van der Waals surface area contributed by atoms with Gasteiger partial charge in [0.25, 0.3) is 5.91 Å². The number of benzene rings is 1. The summed E-state index contributed by atoms with van der Waals surface area (Å²) in [4.78, 5) is 49.4. The van der Waals surface area contributed by atoms with Gasteiger partial charge in [-0.2, -0.15) is 0 Å². The molecule has 0 saturated carbocycles. The van der Waals surface area contributed by atoms with Gasteiger partial charge in [-0.3, -0.25) is 14.5 Å². The van der Waals surface area contributed by atoms with Crippen LogP contribution in [0.4, 0.5) is 10.5 Å². The van der Waals surface area contributed by atoms with Crippen molar-refractivity contribution in [3.63, 3.8) is 0 Å². The average Bonchev–Trinajstić information content (AvgIpc) is 2.75. The van der Waals surface area contributed by atoms with Crippen molar-refractivity contribution in [1.82, 2.24) is 9.80 Å². The SMILES string of the molecule is Cc1cc2oc(=O)cc(C)c2cc1NC(=O)CN1C(=O)CN(C)C1=O. The summed E-state index contributed by atoms with van der Waals surface area (Å²) in [6.45, 7) is 3.16. The number of likely N-dealkylation sites (N-methyl/N-ethyl adjacent to an activating group) is 1. The summed E-state index contributed by atoms with van der Waals surface area (Å²) in [7, 11) is 1.50. The van der Waals surface area contributed by atoms with E-state index in [0.717, 1.165) is 10.5 Å². The van der Waals surface area contributed by atoms with E-state index < -0.39 is 23.5 Å². The van der Waals surface area contributed by atoms with Gasteiger partial charge in [-0.15, -0.1) is 0 Å². The Morgan fingerprint density at radius 2 is 1.88 bits per heavy atom. The third-order valence-corrected chi connectivity index (χ3v) is 4.10. The maximum absolute atomic E-state index is 12.2. The molecule has 4 amide bonds. The molecule has 130 valence electrons. The molecule has 0 atom stereocenters. The lowest BCUT2D eigenvalue weighted by Crippen LogP contribution is -2.38. The molecule has 2 heterocycles. The standard InChI is InChI=1S/C17H17N3O5/c1-9-5-16(23)25-13-4-10(2)12(6-11(9)13)18-14(21)7-20-15(22)8-19(3)17(20)24/h4-6H,7-8H2,1-3H3,(H,18,21). The van der Waals surface area contributed by atoms with Gasteiger partial charge in [-0.1, -0.05) is 0 Å². The maximum atomic E-state index is 12.2. The predicted molar refractivity (Wildman–Crippen MR) is 90.3 cm³/mol. The summed E-state index contributed by atoms with van der Waals surface area (Å²) >= 11 is 0. The Bertz CT molecular complexity index is 963. The van der Waals surface area contributed by atoms with Crippen LogP contribution in [0.25, 0.3) is 11.0 Å². The van der Waals surface area contributed by atoms with Crippen LogP contribution in [0.2, 0.25) is 0 Å². The van der Waals surface area contributed by atoms with E-state index in [4.69, 9.17) is 4.42 Å². The molecule has 0 bridgehead atoms. The summed E-state index contributed by atoms with van der Waals surface area (Å²) in [6, 6.07) is 4.26. The maximum Gasteiger partial charge on any atom is 0.336 e. The van der Waals surface area contributed by atoms with Gasteiger partial charge in [0.1, 0.15) is 18.7 Å². The molecule has 1 saturated heterocycles. The lowest BCUT2D eigenvalue weighted by atomic mass is 10.1. The van der Waals surface area contributed by atoms with E-state index in [1.165, 1.54) is 18.0 Å². The summed E-state index contributed by atoms with van der Waals surface area (Å²) in [5, 5.41) is 3.41. The van der Waals surface area contributed by atoms with Crippen molar-refractivity contribution in [2.24, 2.45) is 0 Å². The molecule has 0 unspecified atom stereocenters. The third kappa shape index (κ3) is 3.10. The average molecular weight is 343 g/mol. The normalized spacial score (nSPS) is 14.5. The number of hydrogen-bond donors (Lipinski definition) is 1. The van der Waals surface area contributed by atoms with Gasteiger partial charge in [0.05, 0.1) is 0 Å². The van der Waals surface area contributed by atoms with Gasteiger partial charge in [0.15, 0.2) is 0 Å². The summed E-state index contributed by atoms with van der Waals surface area (Å²) in [5.41, 5.74) is 1.96. The molecule has 0 radical (unpaired) electrons. The fourth-order valence-corrected chi connectivity index (χ4v) is 2.76. The van der Waals surface area contributed by atoms with Crippen LogP contribution >= 0.6 is 0 Å². The third-order valence-electron chi connectivity index (χ3n) is 4.10. The number of carbonyl (C=O) groups is 3. The Balaban J connectivity index is 1.84. The van der Waals surface area contributed by atoms with Crippen LogP contribution in [0, 0.1) is 13.8 Å². The minimum Gasteiger partial charge on any atom is -0.423 e. The quantitative estimate of drug-likeness (QED) is 0.668. The van der Waals surface area contributed by atoms with Crippen LogP contribution in [0.15, 0.2) is 27.4 Å². The number of nitrogens with one attached hydrogen (secondary N) is 1. The molecule has 1 fully saturated rings. The first kappa shape index (κ1) is 16.7. The monoisotopic (exact) mass is 343 g/mol. The molecule has 25 heavy (non-hydrogen) atoms. The van der Waals surface area contributed by atoms with E-state index in [1.54, 1.807) is 26.0 Å². The smallest absolute Gasteiger partial charge is 0.336 e. The lowest BCUT2D eigenvalue weighted by molar-refractivity contribution is -0.129. The molecule has 0 aliphatic carbocycles. The van der Waals surface area contributed by atoms with Crippen molar-refractivity contribution in [3.05, 3.63) is 39.7 Å². The van der Waals surface area contributed by atoms with Crippen LogP contribution < -0.4 is 10.9 Å². The fourth-order valence-electron chi connectivity index (χ4n) is 2.76. The van der Waals surface area contributed by atoms with E-state index in [-0.39, 0.29) is 13.1 Å². The molecule has 8 nitrogen and oxygen atoms in total. The highest BCUT2D eigenvalue weighted by Crippen LogP contribution is 2.25. The highest BCUT2D eigenvalue weighted by molar-refractivity contribution is 6.06. The van der Waals surface area contributed by atoms with Gasteiger partial charge < -0.3 is 14.6 Å². The van der Waals surface area contributed by atoms with E-state index in [2.05, 4.69) is 5.32 Å². The minimum absolute atomic E-state index is 0.0284. The van der Waals surface area contributed by atoms with Crippen molar-refractivity contribution in [2.45, 2.75) is 13.8 Å². The van der Waals surface area contributed by atoms with Crippen molar-refractivity contribution in [1.29, 1.82) is 0 Å². The zero-order valence-corrected chi connectivity index (χ0v) is 14.1. The molecule has 3 rings (SSSR count). The van der Waals surface area contributed by atoms with Crippen LogP contribution in [0.5, 0.6) is 0 Å². The van der Waals surface area contributed by atoms with Crippen LogP contribution in [0.3, 0.4) is 0 Å². The van der Waals surface area contributed by atoms with E-state index >= 15 is 0 Å².